The minimum absolute atomic E-state index is 0.0618. The molecule has 5 nitrogen and oxygen atoms in total. The third-order valence-corrected chi connectivity index (χ3v) is 9.93. The first-order valence-electron chi connectivity index (χ1n) is 6.50. The van der Waals surface area contributed by atoms with Gasteiger partial charge in [-0.05, 0) is 23.1 Å². The van der Waals surface area contributed by atoms with Gasteiger partial charge < -0.3 is 9.54 Å². The number of hydrogen-bond acceptors (Lipinski definition) is 4. The smallest absolute Gasteiger partial charge is 0.156 e. The third-order valence-electron chi connectivity index (χ3n) is 4.07. The summed E-state index contributed by atoms with van der Waals surface area (Å²) in [6, 6.07) is 1.66. The van der Waals surface area contributed by atoms with Crippen molar-refractivity contribution in [2.45, 2.75) is 45.3 Å². The lowest BCUT2D eigenvalue weighted by molar-refractivity contribution is 0.106. The first kappa shape index (κ1) is 17.1. The van der Waals surface area contributed by atoms with Crippen molar-refractivity contribution in [3.63, 3.8) is 0 Å². The van der Waals surface area contributed by atoms with E-state index in [1.807, 2.05) is 13.1 Å². The maximum Gasteiger partial charge on any atom is 0.156 e. The number of rotatable bonds is 5. The minimum Gasteiger partial charge on any atom is -0.748 e. The van der Waals surface area contributed by atoms with E-state index < -0.39 is 23.9 Å². The van der Waals surface area contributed by atoms with E-state index in [0.717, 1.165) is 0 Å². The maximum absolute atomic E-state index is 12.6. The van der Waals surface area contributed by atoms with E-state index in [1.165, 1.54) is 0 Å². The lowest BCUT2D eigenvalue weighted by Gasteiger charge is -2.34. The number of aromatic nitrogens is 1. The molecule has 0 fully saturated rings. The van der Waals surface area contributed by atoms with Crippen molar-refractivity contribution in [1.29, 1.82) is 0 Å². The second-order valence-corrected chi connectivity index (χ2v) is 13.4. The van der Waals surface area contributed by atoms with Crippen LogP contribution in [0, 0.1) is 0 Å². The molecule has 1 aromatic heterocycles. The van der Waals surface area contributed by atoms with E-state index in [1.54, 1.807) is 12.3 Å². The Morgan fingerprint density at radius 2 is 1.90 bits per heavy atom. The lowest BCUT2D eigenvalue weighted by atomic mass is 10.2. The number of nitrogens with one attached hydrogen (secondary N) is 1. The quantitative estimate of drug-likeness (QED) is 0.667. The molecule has 1 rings (SSSR count). The van der Waals surface area contributed by atoms with Gasteiger partial charge in [0.25, 0.3) is 0 Å². The van der Waals surface area contributed by atoms with Crippen molar-refractivity contribution in [3.05, 3.63) is 23.5 Å². The van der Waals surface area contributed by atoms with Crippen LogP contribution in [0.1, 0.15) is 36.8 Å². The lowest BCUT2D eigenvalue weighted by Crippen LogP contribution is -2.46. The summed E-state index contributed by atoms with van der Waals surface area (Å²) in [5.74, 6) is -0.446. The molecule has 0 saturated carbocycles. The summed E-state index contributed by atoms with van der Waals surface area (Å²) in [6.45, 7) is 10.2. The third kappa shape index (κ3) is 4.03. The van der Waals surface area contributed by atoms with E-state index >= 15 is 0 Å². The average molecular weight is 316 g/mol. The van der Waals surface area contributed by atoms with Gasteiger partial charge in [0, 0.05) is 11.9 Å². The van der Waals surface area contributed by atoms with Gasteiger partial charge in [-0.25, -0.2) is 8.42 Å². The molecule has 0 spiro atoms. The molecule has 0 saturated heterocycles. The van der Waals surface area contributed by atoms with Gasteiger partial charge in [0.05, 0.1) is 15.8 Å². The molecule has 0 unspecified atom stereocenters. The van der Waals surface area contributed by atoms with Crippen LogP contribution < -0.4 is 0 Å². The van der Waals surface area contributed by atoms with Gasteiger partial charge >= 0.3 is 0 Å². The van der Waals surface area contributed by atoms with Crippen LogP contribution in [-0.2, 0) is 16.5 Å². The van der Waals surface area contributed by atoms with Gasteiger partial charge in [0.15, 0.2) is 5.41 Å². The van der Waals surface area contributed by atoms with Crippen molar-refractivity contribution in [1.82, 2.24) is 4.98 Å². The van der Waals surface area contributed by atoms with Crippen LogP contribution in [0.2, 0.25) is 18.1 Å². The second kappa shape index (κ2) is 5.46. The summed E-state index contributed by atoms with van der Waals surface area (Å²) < 4.78 is 31.8. The van der Waals surface area contributed by atoms with Gasteiger partial charge in [0.2, 0.25) is 0 Å². The van der Waals surface area contributed by atoms with Crippen LogP contribution in [0.25, 0.3) is 0 Å². The number of carbonyl (C=O) groups is 1. The molecule has 0 radical (unpaired) electrons. The van der Waals surface area contributed by atoms with E-state index in [-0.39, 0.29) is 16.9 Å². The van der Waals surface area contributed by atoms with Crippen LogP contribution in [0.4, 0.5) is 0 Å². The topological polar surface area (TPSA) is 90.1 Å². The second-order valence-electron chi connectivity index (χ2n) is 6.64. The molecule has 114 valence electrons. The normalized spacial score (nSPS) is 13.5. The van der Waals surface area contributed by atoms with Crippen molar-refractivity contribution >= 4 is 23.6 Å². The maximum atomic E-state index is 12.6. The Kier molecular flexibility index (Phi) is 4.67. The first-order chi connectivity index (χ1) is 8.84. The zero-order valence-corrected chi connectivity index (χ0v) is 14.4. The molecule has 0 amide bonds. The molecule has 20 heavy (non-hydrogen) atoms. The summed E-state index contributed by atoms with van der Waals surface area (Å²) in [5.41, 5.74) is 1.18. The molecular formula is C13H22NO4SSi-. The highest BCUT2D eigenvalue weighted by Gasteiger charge is 2.43. The monoisotopic (exact) mass is 316 g/mol. The van der Waals surface area contributed by atoms with Gasteiger partial charge in [-0.15, -0.1) is 0 Å². The molecule has 0 aromatic carbocycles. The molecule has 7 heteroatoms. The summed E-state index contributed by atoms with van der Waals surface area (Å²) >= 11 is 0. The van der Waals surface area contributed by atoms with Crippen LogP contribution in [-0.4, -0.2) is 37.2 Å². The highest BCUT2D eigenvalue weighted by Crippen LogP contribution is 2.37. The molecule has 0 atom stereocenters. The molecule has 1 heterocycles. The predicted octanol–water partition coefficient (Wildman–Crippen LogP) is 2.33. The summed E-state index contributed by atoms with van der Waals surface area (Å²) in [4.78, 5) is 15.5. The molecule has 1 aromatic rings. The number of carbonyl (C=O) groups excluding carboxylic acids is 1. The standard InChI is InChI=1S/C13H23NO4SSi/c1-13(2,3)20(4,5)12(15)11-8-10(9-14-11)6-7-19(16,17)18/h8-9,14H,6-7H2,1-5H3,(H,16,17,18)/p-1. The number of aromatic amines is 1. The highest BCUT2D eigenvalue weighted by molar-refractivity contribution is 7.85. The summed E-state index contributed by atoms with van der Waals surface area (Å²) in [7, 11) is -6.37. The van der Waals surface area contributed by atoms with E-state index in [0.29, 0.717) is 11.3 Å². The van der Waals surface area contributed by atoms with Gasteiger partial charge in [0.1, 0.15) is 8.07 Å². The predicted molar refractivity (Wildman–Crippen MR) is 80.6 cm³/mol. The molecule has 0 bridgehead atoms. The Morgan fingerprint density at radius 1 is 1.35 bits per heavy atom. The molecular weight excluding hydrogens is 294 g/mol. The number of aryl methyl sites for hydroxylation is 1. The molecule has 0 aliphatic heterocycles. The largest absolute Gasteiger partial charge is 0.748 e. The van der Waals surface area contributed by atoms with Crippen LogP contribution in [0.3, 0.4) is 0 Å². The minimum atomic E-state index is -4.23. The van der Waals surface area contributed by atoms with E-state index in [9.17, 15) is 17.8 Å². The molecule has 0 aliphatic rings. The Labute approximate surface area is 121 Å². The van der Waals surface area contributed by atoms with Gasteiger partial charge in [-0.3, -0.25) is 4.79 Å². The van der Waals surface area contributed by atoms with Crippen LogP contribution >= 0.6 is 0 Å². The van der Waals surface area contributed by atoms with E-state index in [4.69, 9.17) is 0 Å². The van der Waals surface area contributed by atoms with Crippen molar-refractivity contribution in [2.24, 2.45) is 0 Å². The first-order valence-corrected chi connectivity index (χ1v) is 11.1. The van der Waals surface area contributed by atoms with Crippen LogP contribution in [0.5, 0.6) is 0 Å². The van der Waals surface area contributed by atoms with Crippen LogP contribution in [0.15, 0.2) is 12.3 Å². The number of H-pyrrole nitrogens is 1. The Bertz CT molecular complexity index is 596. The summed E-state index contributed by atoms with van der Waals surface area (Å²) in [6.07, 6.45) is 1.73. The van der Waals surface area contributed by atoms with Crippen molar-refractivity contribution < 1.29 is 17.8 Å². The Balaban J connectivity index is 2.90. The van der Waals surface area contributed by atoms with Gasteiger partial charge in [-0.2, -0.15) is 0 Å². The molecule has 1 N–H and O–H groups in total. The number of hydrogen-bond donors (Lipinski definition) is 1. The Morgan fingerprint density at radius 3 is 2.35 bits per heavy atom. The van der Waals surface area contributed by atoms with Gasteiger partial charge in [-0.1, -0.05) is 33.9 Å². The average Bonchev–Trinajstić information content (AvgIpc) is 2.71. The highest BCUT2D eigenvalue weighted by atomic mass is 32.2. The molecule has 0 aliphatic carbocycles. The summed E-state index contributed by atoms with van der Waals surface area (Å²) in [5, 5.41) is 0.0505. The zero-order chi connectivity index (χ0) is 15.8. The fourth-order valence-corrected chi connectivity index (χ4v) is 3.62. The Hall–Kier alpha value is -0.923. The van der Waals surface area contributed by atoms with Crippen molar-refractivity contribution in [2.75, 3.05) is 5.75 Å². The fourth-order valence-electron chi connectivity index (χ4n) is 1.63. The van der Waals surface area contributed by atoms with E-state index in [2.05, 4.69) is 25.8 Å². The zero-order valence-electron chi connectivity index (χ0n) is 12.6. The SMILES string of the molecule is CC(C)(C)[Si](C)(C)C(=O)c1cc(CCS(=O)(=O)[O-])c[nH]1. The van der Waals surface area contributed by atoms with Crippen molar-refractivity contribution in [3.8, 4) is 0 Å². The fraction of sp³-hybridized carbons (Fsp3) is 0.615.